The number of aromatic nitrogens is 2. The van der Waals surface area contributed by atoms with Gasteiger partial charge in [0.15, 0.2) is 5.82 Å². The first-order valence-electron chi connectivity index (χ1n) is 15.4. The highest BCUT2D eigenvalue weighted by molar-refractivity contribution is 5.76. The number of benzene rings is 3. The van der Waals surface area contributed by atoms with Gasteiger partial charge in [0.2, 0.25) is 0 Å². The van der Waals surface area contributed by atoms with Crippen molar-refractivity contribution in [1.29, 1.82) is 0 Å². The fraction of sp³-hybridized carbons (Fsp3) is 0.405. The van der Waals surface area contributed by atoms with Gasteiger partial charge >= 0.3 is 0 Å². The molecule has 228 valence electrons. The zero-order valence-corrected chi connectivity index (χ0v) is 26.5. The van der Waals surface area contributed by atoms with E-state index in [0.717, 1.165) is 46.5 Å². The van der Waals surface area contributed by atoms with E-state index in [0.29, 0.717) is 29.7 Å². The van der Waals surface area contributed by atoms with Crippen LogP contribution in [0.25, 0.3) is 33.9 Å². The van der Waals surface area contributed by atoms with E-state index in [9.17, 15) is 10.2 Å². The summed E-state index contributed by atoms with van der Waals surface area (Å²) in [7, 11) is 0. The number of nitrogens with zero attached hydrogens (tertiary/aromatic N) is 2. The molecule has 6 nitrogen and oxygen atoms in total. The molecule has 0 saturated carbocycles. The van der Waals surface area contributed by atoms with E-state index in [1.54, 1.807) is 18.2 Å². The Kier molecular flexibility index (Phi) is 11.3. The number of ether oxygens (including phenoxy) is 2. The summed E-state index contributed by atoms with van der Waals surface area (Å²) in [6.45, 7) is 13.6. The van der Waals surface area contributed by atoms with Gasteiger partial charge in [-0.25, -0.2) is 9.97 Å². The standard InChI is InChI=1S/C37H46N2O4/c1-7-9-10-28(8-2)21-42-22-29(40)23-43-30-13-16-33(36(41)19-30)37-38-34(31-14-11-24(3)17-26(31)5)20-35(39-37)32-15-12-25(4)18-27(32)6/h11-20,28-29,40-41H,7-10,21-23H2,1-6H3. The third-order valence-corrected chi connectivity index (χ3v) is 7.90. The first-order chi connectivity index (χ1) is 20.7. The molecular formula is C37H46N2O4. The van der Waals surface area contributed by atoms with Crippen molar-refractivity contribution in [3.63, 3.8) is 0 Å². The molecule has 2 atom stereocenters. The molecular weight excluding hydrogens is 536 g/mol. The van der Waals surface area contributed by atoms with Crippen LogP contribution in [0.3, 0.4) is 0 Å². The maximum atomic E-state index is 11.1. The third kappa shape index (κ3) is 8.65. The smallest absolute Gasteiger partial charge is 0.164 e. The van der Waals surface area contributed by atoms with Crippen LogP contribution in [-0.4, -0.2) is 46.1 Å². The molecule has 4 rings (SSSR count). The summed E-state index contributed by atoms with van der Waals surface area (Å²) < 4.78 is 11.6. The molecule has 3 aromatic carbocycles. The average molecular weight is 583 g/mol. The number of hydrogen-bond donors (Lipinski definition) is 2. The van der Waals surface area contributed by atoms with E-state index < -0.39 is 6.10 Å². The molecule has 2 N–H and O–H groups in total. The Morgan fingerprint density at radius 1 is 0.721 bits per heavy atom. The molecule has 0 aliphatic heterocycles. The Hall–Kier alpha value is -3.74. The number of hydrogen-bond acceptors (Lipinski definition) is 6. The van der Waals surface area contributed by atoms with Gasteiger partial charge in [-0.3, -0.25) is 0 Å². The second-order valence-corrected chi connectivity index (χ2v) is 11.7. The van der Waals surface area contributed by atoms with Gasteiger partial charge in [-0.15, -0.1) is 0 Å². The van der Waals surface area contributed by atoms with Crippen LogP contribution in [-0.2, 0) is 4.74 Å². The van der Waals surface area contributed by atoms with Gasteiger partial charge in [-0.05, 0) is 69.4 Å². The molecule has 0 bridgehead atoms. The monoisotopic (exact) mass is 582 g/mol. The lowest BCUT2D eigenvalue weighted by molar-refractivity contribution is -0.00111. The Morgan fingerprint density at radius 3 is 1.86 bits per heavy atom. The first-order valence-corrected chi connectivity index (χ1v) is 15.4. The van der Waals surface area contributed by atoms with E-state index in [1.807, 2.05) is 6.07 Å². The summed E-state index contributed by atoms with van der Waals surface area (Å²) in [5, 5.41) is 21.5. The van der Waals surface area contributed by atoms with Crippen LogP contribution in [0.2, 0.25) is 0 Å². The van der Waals surface area contributed by atoms with E-state index in [4.69, 9.17) is 19.4 Å². The van der Waals surface area contributed by atoms with Crippen molar-refractivity contribution in [2.45, 2.75) is 73.3 Å². The normalized spacial score (nSPS) is 12.7. The van der Waals surface area contributed by atoms with E-state index in [2.05, 4.69) is 77.9 Å². The second-order valence-electron chi connectivity index (χ2n) is 11.7. The van der Waals surface area contributed by atoms with Crippen LogP contribution in [0.15, 0.2) is 60.7 Å². The average Bonchev–Trinajstić information content (AvgIpc) is 2.97. The van der Waals surface area contributed by atoms with Crippen molar-refractivity contribution in [3.8, 4) is 45.4 Å². The number of rotatable bonds is 14. The molecule has 1 heterocycles. The quantitative estimate of drug-likeness (QED) is 0.155. The topological polar surface area (TPSA) is 84.7 Å². The molecule has 0 saturated heterocycles. The van der Waals surface area contributed by atoms with Crippen molar-refractivity contribution in [3.05, 3.63) is 82.9 Å². The van der Waals surface area contributed by atoms with Crippen molar-refractivity contribution >= 4 is 0 Å². The van der Waals surface area contributed by atoms with Crippen molar-refractivity contribution in [2.24, 2.45) is 5.92 Å². The number of aliphatic hydroxyl groups is 1. The third-order valence-electron chi connectivity index (χ3n) is 7.90. The number of aryl methyl sites for hydroxylation is 4. The predicted molar refractivity (Wildman–Crippen MR) is 175 cm³/mol. The van der Waals surface area contributed by atoms with Crippen LogP contribution >= 0.6 is 0 Å². The summed E-state index contributed by atoms with van der Waals surface area (Å²) in [4.78, 5) is 9.81. The van der Waals surface area contributed by atoms with Gasteiger partial charge in [0, 0.05) is 23.8 Å². The molecule has 6 heteroatoms. The summed E-state index contributed by atoms with van der Waals surface area (Å²) in [6, 6.07) is 19.7. The van der Waals surface area contributed by atoms with Gasteiger partial charge in [-0.1, -0.05) is 80.6 Å². The number of aromatic hydroxyl groups is 1. The Morgan fingerprint density at radius 2 is 1.33 bits per heavy atom. The molecule has 43 heavy (non-hydrogen) atoms. The van der Waals surface area contributed by atoms with Gasteiger partial charge in [0.1, 0.15) is 24.2 Å². The molecule has 0 aliphatic rings. The summed E-state index contributed by atoms with van der Waals surface area (Å²) in [6.07, 6.45) is 3.83. The van der Waals surface area contributed by atoms with Crippen LogP contribution in [0.1, 0.15) is 61.8 Å². The summed E-state index contributed by atoms with van der Waals surface area (Å²) in [5.74, 6) is 1.41. The Balaban J connectivity index is 1.55. The Labute approximate surface area is 256 Å². The maximum Gasteiger partial charge on any atom is 0.164 e. The number of aliphatic hydroxyl groups excluding tert-OH is 1. The Bertz CT molecular complexity index is 1450. The molecule has 0 fully saturated rings. The molecule has 2 unspecified atom stereocenters. The van der Waals surface area contributed by atoms with Crippen LogP contribution in [0, 0.1) is 33.6 Å². The SMILES string of the molecule is CCCCC(CC)COCC(O)COc1ccc(-c2nc(-c3ccc(C)cc3C)cc(-c3ccc(C)cc3C)n2)c(O)c1. The second kappa shape index (κ2) is 15.1. The van der Waals surface area contributed by atoms with Crippen LogP contribution in [0.4, 0.5) is 0 Å². The molecule has 0 aliphatic carbocycles. The van der Waals surface area contributed by atoms with E-state index in [1.165, 1.54) is 24.0 Å². The molecule has 0 spiro atoms. The van der Waals surface area contributed by atoms with Gasteiger partial charge in [0.25, 0.3) is 0 Å². The lowest BCUT2D eigenvalue weighted by Crippen LogP contribution is -2.25. The molecule has 4 aromatic rings. The zero-order chi connectivity index (χ0) is 30.9. The highest BCUT2D eigenvalue weighted by Gasteiger charge is 2.17. The zero-order valence-electron chi connectivity index (χ0n) is 26.5. The highest BCUT2D eigenvalue weighted by Crippen LogP contribution is 2.35. The summed E-state index contributed by atoms with van der Waals surface area (Å²) in [5.41, 5.74) is 8.75. The molecule has 0 radical (unpaired) electrons. The fourth-order valence-electron chi connectivity index (χ4n) is 5.35. The minimum Gasteiger partial charge on any atom is -0.507 e. The van der Waals surface area contributed by atoms with Crippen LogP contribution < -0.4 is 4.74 Å². The van der Waals surface area contributed by atoms with E-state index in [-0.39, 0.29) is 19.0 Å². The molecule has 0 amide bonds. The predicted octanol–water partition coefficient (Wildman–Crippen LogP) is 8.39. The lowest BCUT2D eigenvalue weighted by atomic mass is 9.98. The fourth-order valence-corrected chi connectivity index (χ4v) is 5.35. The highest BCUT2D eigenvalue weighted by atomic mass is 16.5. The number of phenols is 1. The largest absolute Gasteiger partial charge is 0.507 e. The first kappa shape index (κ1) is 32.2. The maximum absolute atomic E-state index is 11.1. The van der Waals surface area contributed by atoms with Gasteiger partial charge in [0.05, 0.1) is 23.6 Å². The van der Waals surface area contributed by atoms with Crippen molar-refractivity contribution in [2.75, 3.05) is 19.8 Å². The minimum atomic E-state index is -0.761. The minimum absolute atomic E-state index is 0.00862. The molecule has 1 aromatic heterocycles. The van der Waals surface area contributed by atoms with E-state index >= 15 is 0 Å². The lowest BCUT2D eigenvalue weighted by Gasteiger charge is -2.17. The van der Waals surface area contributed by atoms with Gasteiger partial charge in [-0.2, -0.15) is 0 Å². The number of unbranched alkanes of at least 4 members (excludes halogenated alkanes) is 1. The number of phenolic OH excluding ortho intramolecular Hbond substituents is 1. The van der Waals surface area contributed by atoms with Crippen LogP contribution in [0.5, 0.6) is 11.5 Å². The summed E-state index contributed by atoms with van der Waals surface area (Å²) >= 11 is 0. The van der Waals surface area contributed by atoms with Crippen molar-refractivity contribution < 1.29 is 19.7 Å². The van der Waals surface area contributed by atoms with Crippen molar-refractivity contribution in [1.82, 2.24) is 9.97 Å². The van der Waals surface area contributed by atoms with Gasteiger partial charge < -0.3 is 19.7 Å².